The quantitative estimate of drug-likeness (QED) is 0.436. The number of benzene rings is 3. The van der Waals surface area contributed by atoms with Gasteiger partial charge < -0.3 is 24.4 Å². The van der Waals surface area contributed by atoms with Gasteiger partial charge in [0.25, 0.3) is 11.8 Å². The fraction of sp³-hybridized carbons (Fsp3) is 0.200. The van der Waals surface area contributed by atoms with Crippen LogP contribution in [0, 0.1) is 0 Å². The molecule has 3 aromatic carbocycles. The van der Waals surface area contributed by atoms with E-state index in [-0.39, 0.29) is 18.4 Å². The maximum atomic E-state index is 12.7. The van der Waals surface area contributed by atoms with Crippen LogP contribution in [0.25, 0.3) is 0 Å². The predicted molar refractivity (Wildman–Crippen MR) is 129 cm³/mol. The molecule has 0 atom stereocenters. The van der Waals surface area contributed by atoms with Gasteiger partial charge in [-0.1, -0.05) is 12.1 Å². The van der Waals surface area contributed by atoms with Gasteiger partial charge in [-0.25, -0.2) is 0 Å². The molecule has 3 aromatic rings. The predicted octanol–water partition coefficient (Wildman–Crippen LogP) is 4.90. The first kappa shape index (κ1) is 22.7. The summed E-state index contributed by atoms with van der Waals surface area (Å²) in [7, 11) is 1.62. The Balaban J connectivity index is 1.41. The van der Waals surface area contributed by atoms with E-state index in [9.17, 15) is 9.59 Å². The molecule has 1 aliphatic heterocycles. The minimum Gasteiger partial charge on any atom is -0.497 e. The fourth-order valence-electron chi connectivity index (χ4n) is 3.45. The number of hydrogen-bond acceptors (Lipinski definition) is 5. The first-order chi connectivity index (χ1) is 16.0. The summed E-state index contributed by atoms with van der Waals surface area (Å²) in [4.78, 5) is 26.9. The van der Waals surface area contributed by atoms with Crippen molar-refractivity contribution < 1.29 is 23.8 Å². The Hall–Kier alpha value is -3.52. The maximum absolute atomic E-state index is 12.7. The molecule has 0 aromatic heterocycles. The van der Waals surface area contributed by atoms with Crippen molar-refractivity contribution >= 4 is 39.1 Å². The zero-order valence-electron chi connectivity index (χ0n) is 18.0. The van der Waals surface area contributed by atoms with Crippen LogP contribution in [0.5, 0.6) is 17.2 Å². The summed E-state index contributed by atoms with van der Waals surface area (Å²) >= 11 is 3.40. The van der Waals surface area contributed by atoms with Crippen LogP contribution in [0.3, 0.4) is 0 Å². The maximum Gasteiger partial charge on any atom is 0.265 e. The second-order valence-corrected chi connectivity index (χ2v) is 8.18. The third-order valence-electron chi connectivity index (χ3n) is 5.13. The van der Waals surface area contributed by atoms with E-state index in [1.54, 1.807) is 42.3 Å². The summed E-state index contributed by atoms with van der Waals surface area (Å²) in [6.07, 6.45) is 0.630. The number of halogens is 1. The van der Waals surface area contributed by atoms with Gasteiger partial charge in [0.15, 0.2) is 6.61 Å². The molecule has 1 N–H and O–H groups in total. The van der Waals surface area contributed by atoms with Gasteiger partial charge in [-0.2, -0.15) is 0 Å². The average Bonchev–Trinajstić information content (AvgIpc) is 2.83. The van der Waals surface area contributed by atoms with Gasteiger partial charge in [0.1, 0.15) is 17.2 Å². The summed E-state index contributed by atoms with van der Waals surface area (Å²) in [5, 5.41) is 2.89. The van der Waals surface area contributed by atoms with Gasteiger partial charge in [0.05, 0.1) is 25.0 Å². The van der Waals surface area contributed by atoms with Crippen molar-refractivity contribution in [1.82, 2.24) is 0 Å². The Morgan fingerprint density at radius 3 is 2.61 bits per heavy atom. The first-order valence-electron chi connectivity index (χ1n) is 10.4. The number of nitrogens with one attached hydrogen (secondary N) is 1. The fourth-order valence-corrected chi connectivity index (χ4v) is 3.92. The van der Waals surface area contributed by atoms with Crippen LogP contribution in [-0.4, -0.2) is 38.7 Å². The molecule has 8 heteroatoms. The normalized spacial score (nSPS) is 12.5. The molecule has 0 spiro atoms. The molecule has 0 unspecified atom stereocenters. The van der Waals surface area contributed by atoms with E-state index >= 15 is 0 Å². The summed E-state index contributed by atoms with van der Waals surface area (Å²) in [6.45, 7) is 0.896. The molecule has 0 saturated carbocycles. The molecule has 33 heavy (non-hydrogen) atoms. The third kappa shape index (κ3) is 5.46. The lowest BCUT2D eigenvalue weighted by atomic mass is 10.1. The number of rotatable bonds is 8. The molecule has 1 aliphatic rings. The molecule has 0 bridgehead atoms. The van der Waals surface area contributed by atoms with Crippen molar-refractivity contribution in [3.63, 3.8) is 0 Å². The summed E-state index contributed by atoms with van der Waals surface area (Å²) in [6, 6.07) is 19.8. The highest BCUT2D eigenvalue weighted by Gasteiger charge is 2.26. The summed E-state index contributed by atoms with van der Waals surface area (Å²) < 4.78 is 17.2. The molecule has 0 aliphatic carbocycles. The standard InChI is InChI=1S/C25H23BrN2O5/c1-31-18-8-10-19(11-9-18)32-14-4-13-28-22-15-17(7-12-23(22)33-16-24(28)29)27-25(30)20-5-2-3-6-21(20)26/h2-3,5-12,15H,4,13-14,16H2,1H3,(H,27,30). The molecule has 0 radical (unpaired) electrons. The molecule has 0 fully saturated rings. The second kappa shape index (κ2) is 10.4. The van der Waals surface area contributed by atoms with Gasteiger partial charge in [-0.05, 0) is 76.9 Å². The second-order valence-electron chi connectivity index (χ2n) is 7.33. The van der Waals surface area contributed by atoms with E-state index in [2.05, 4.69) is 21.2 Å². The van der Waals surface area contributed by atoms with Gasteiger partial charge in [0, 0.05) is 16.7 Å². The topological polar surface area (TPSA) is 77.1 Å². The molecule has 2 amide bonds. The number of ether oxygens (including phenoxy) is 3. The zero-order valence-corrected chi connectivity index (χ0v) is 19.6. The smallest absolute Gasteiger partial charge is 0.265 e. The number of carbonyl (C=O) groups excluding carboxylic acids is 2. The highest BCUT2D eigenvalue weighted by molar-refractivity contribution is 9.10. The highest BCUT2D eigenvalue weighted by atomic mass is 79.9. The Bertz CT molecular complexity index is 1150. The monoisotopic (exact) mass is 510 g/mol. The van der Waals surface area contributed by atoms with Crippen molar-refractivity contribution in [3.05, 3.63) is 76.8 Å². The molecule has 1 heterocycles. The van der Waals surface area contributed by atoms with Crippen LogP contribution in [0.1, 0.15) is 16.8 Å². The number of nitrogens with zero attached hydrogens (tertiary/aromatic N) is 1. The number of methoxy groups -OCH3 is 1. The minimum absolute atomic E-state index is 0.0188. The van der Waals surface area contributed by atoms with E-state index in [4.69, 9.17) is 14.2 Å². The molecule has 4 rings (SSSR count). The summed E-state index contributed by atoms with van der Waals surface area (Å²) in [5.74, 6) is 1.72. The van der Waals surface area contributed by atoms with Crippen molar-refractivity contribution in [1.29, 1.82) is 0 Å². The molecular formula is C25H23BrN2O5. The Morgan fingerprint density at radius 1 is 1.09 bits per heavy atom. The van der Waals surface area contributed by atoms with Crippen LogP contribution in [-0.2, 0) is 4.79 Å². The first-order valence-corrected chi connectivity index (χ1v) is 11.2. The van der Waals surface area contributed by atoms with E-state index in [1.807, 2.05) is 36.4 Å². The molecular weight excluding hydrogens is 488 g/mol. The number of carbonyl (C=O) groups is 2. The lowest BCUT2D eigenvalue weighted by Gasteiger charge is -2.30. The van der Waals surface area contributed by atoms with Crippen LogP contribution in [0.2, 0.25) is 0 Å². The van der Waals surface area contributed by atoms with E-state index in [1.165, 1.54) is 0 Å². The summed E-state index contributed by atoms with van der Waals surface area (Å²) in [5.41, 5.74) is 1.72. The number of anilines is 2. The molecule has 170 valence electrons. The largest absolute Gasteiger partial charge is 0.497 e. The van der Waals surface area contributed by atoms with Gasteiger partial charge in [0.2, 0.25) is 0 Å². The lowest BCUT2D eigenvalue weighted by molar-refractivity contribution is -0.121. The number of amides is 2. The SMILES string of the molecule is COc1ccc(OCCCN2C(=O)COc3ccc(NC(=O)c4ccccc4Br)cc32)cc1. The average molecular weight is 511 g/mol. The van der Waals surface area contributed by atoms with Crippen LogP contribution in [0.15, 0.2) is 71.2 Å². The van der Waals surface area contributed by atoms with E-state index in [0.29, 0.717) is 46.7 Å². The van der Waals surface area contributed by atoms with Crippen molar-refractivity contribution in [3.8, 4) is 17.2 Å². The highest BCUT2D eigenvalue weighted by Crippen LogP contribution is 2.35. The molecule has 7 nitrogen and oxygen atoms in total. The van der Waals surface area contributed by atoms with Crippen LogP contribution in [0.4, 0.5) is 11.4 Å². The van der Waals surface area contributed by atoms with Gasteiger partial charge in [-0.15, -0.1) is 0 Å². The van der Waals surface area contributed by atoms with Crippen molar-refractivity contribution in [2.24, 2.45) is 0 Å². The van der Waals surface area contributed by atoms with Crippen LogP contribution >= 0.6 is 15.9 Å². The number of hydrogen-bond donors (Lipinski definition) is 1. The van der Waals surface area contributed by atoms with Gasteiger partial charge in [-0.3, -0.25) is 9.59 Å². The molecule has 0 saturated heterocycles. The number of fused-ring (bicyclic) bond motifs is 1. The minimum atomic E-state index is -0.245. The zero-order chi connectivity index (χ0) is 23.2. The van der Waals surface area contributed by atoms with Crippen molar-refractivity contribution in [2.75, 3.05) is 37.1 Å². The van der Waals surface area contributed by atoms with Gasteiger partial charge >= 0.3 is 0 Å². The lowest BCUT2D eigenvalue weighted by Crippen LogP contribution is -2.39. The Morgan fingerprint density at radius 2 is 1.85 bits per heavy atom. The van der Waals surface area contributed by atoms with Crippen molar-refractivity contribution in [2.45, 2.75) is 6.42 Å². The van der Waals surface area contributed by atoms with Crippen LogP contribution < -0.4 is 24.4 Å². The Kier molecular flexibility index (Phi) is 7.14. The van der Waals surface area contributed by atoms with E-state index < -0.39 is 0 Å². The Labute approximate surface area is 200 Å². The van der Waals surface area contributed by atoms with E-state index in [0.717, 1.165) is 11.5 Å². The third-order valence-corrected chi connectivity index (χ3v) is 5.82.